The maximum Gasteiger partial charge on any atom is 0.242 e. The molecule has 0 aliphatic carbocycles. The summed E-state index contributed by atoms with van der Waals surface area (Å²) in [6.07, 6.45) is 1.28. The van der Waals surface area contributed by atoms with Crippen LogP contribution in [0.1, 0.15) is 17.5 Å². The van der Waals surface area contributed by atoms with Gasteiger partial charge in [0.1, 0.15) is 0 Å². The number of nitrogens with one attached hydrogen (secondary N) is 2. The molecule has 2 amide bonds. The lowest BCUT2D eigenvalue weighted by molar-refractivity contribution is -0.133. The van der Waals surface area contributed by atoms with Gasteiger partial charge in [0.25, 0.3) is 0 Å². The lowest BCUT2D eigenvalue weighted by atomic mass is 10.00. The van der Waals surface area contributed by atoms with Crippen LogP contribution in [0, 0.1) is 0 Å². The molecule has 1 aliphatic heterocycles. The van der Waals surface area contributed by atoms with Crippen molar-refractivity contribution in [3.8, 4) is 0 Å². The summed E-state index contributed by atoms with van der Waals surface area (Å²) in [6.45, 7) is 2.07. The Hall–Kier alpha value is -1.88. The Balaban J connectivity index is 1.81. The lowest BCUT2D eigenvalue weighted by Gasteiger charge is -2.29. The summed E-state index contributed by atoms with van der Waals surface area (Å²) in [6, 6.07) is 8.18. The van der Waals surface area contributed by atoms with Gasteiger partial charge in [0.15, 0.2) is 0 Å². The fourth-order valence-corrected chi connectivity index (χ4v) is 2.32. The van der Waals surface area contributed by atoms with Crippen molar-refractivity contribution in [2.45, 2.75) is 19.4 Å². The zero-order chi connectivity index (χ0) is 14.4. The van der Waals surface area contributed by atoms with E-state index in [4.69, 9.17) is 0 Å². The molecule has 2 rings (SSSR count). The van der Waals surface area contributed by atoms with Gasteiger partial charge in [0.05, 0.1) is 6.54 Å². The van der Waals surface area contributed by atoms with E-state index in [1.54, 1.807) is 11.9 Å². The molecule has 1 aromatic carbocycles. The van der Waals surface area contributed by atoms with Crippen LogP contribution in [0.15, 0.2) is 24.3 Å². The molecule has 0 fully saturated rings. The van der Waals surface area contributed by atoms with Gasteiger partial charge in [-0.05, 0) is 24.6 Å². The Morgan fingerprint density at radius 1 is 1.25 bits per heavy atom. The van der Waals surface area contributed by atoms with Crippen LogP contribution in [0.25, 0.3) is 0 Å². The smallest absolute Gasteiger partial charge is 0.242 e. The van der Waals surface area contributed by atoms with Crippen LogP contribution in [-0.4, -0.2) is 43.4 Å². The van der Waals surface area contributed by atoms with Crippen LogP contribution in [0.2, 0.25) is 0 Å². The highest BCUT2D eigenvalue weighted by atomic mass is 16.2. The SMILES string of the molecule is CNCCC(=O)NCC(=O)N1CCc2ccccc2C1. The van der Waals surface area contributed by atoms with Gasteiger partial charge < -0.3 is 15.5 Å². The molecule has 1 heterocycles. The molecule has 20 heavy (non-hydrogen) atoms. The van der Waals surface area contributed by atoms with E-state index in [0.29, 0.717) is 19.5 Å². The number of fused-ring (bicyclic) bond motifs is 1. The molecule has 2 N–H and O–H groups in total. The van der Waals surface area contributed by atoms with Crippen LogP contribution >= 0.6 is 0 Å². The molecule has 0 unspecified atom stereocenters. The van der Waals surface area contributed by atoms with Crippen LogP contribution in [0.3, 0.4) is 0 Å². The van der Waals surface area contributed by atoms with Gasteiger partial charge in [-0.15, -0.1) is 0 Å². The minimum Gasteiger partial charge on any atom is -0.347 e. The summed E-state index contributed by atoms with van der Waals surface area (Å²) >= 11 is 0. The average Bonchev–Trinajstić information content (AvgIpc) is 2.50. The van der Waals surface area contributed by atoms with Crippen molar-refractivity contribution in [1.29, 1.82) is 0 Å². The van der Waals surface area contributed by atoms with Gasteiger partial charge in [-0.25, -0.2) is 0 Å². The molecule has 0 saturated carbocycles. The fraction of sp³-hybridized carbons (Fsp3) is 0.467. The zero-order valence-corrected chi connectivity index (χ0v) is 11.8. The highest BCUT2D eigenvalue weighted by Gasteiger charge is 2.20. The predicted octanol–water partition coefficient (Wildman–Crippen LogP) is 0.297. The summed E-state index contributed by atoms with van der Waals surface area (Å²) in [5, 5.41) is 5.57. The maximum atomic E-state index is 12.1. The van der Waals surface area contributed by atoms with Crippen LogP contribution < -0.4 is 10.6 Å². The second-order valence-electron chi connectivity index (χ2n) is 4.96. The van der Waals surface area contributed by atoms with Crippen LogP contribution in [0.4, 0.5) is 0 Å². The van der Waals surface area contributed by atoms with Gasteiger partial charge in [-0.3, -0.25) is 9.59 Å². The zero-order valence-electron chi connectivity index (χ0n) is 11.8. The lowest BCUT2D eigenvalue weighted by Crippen LogP contribution is -2.42. The topological polar surface area (TPSA) is 61.4 Å². The van der Waals surface area contributed by atoms with Crippen LogP contribution in [-0.2, 0) is 22.6 Å². The van der Waals surface area contributed by atoms with E-state index < -0.39 is 0 Å². The summed E-state index contributed by atoms with van der Waals surface area (Å²) in [7, 11) is 1.80. The van der Waals surface area contributed by atoms with Gasteiger partial charge in [-0.2, -0.15) is 0 Å². The molecular weight excluding hydrogens is 254 g/mol. The third-order valence-electron chi connectivity index (χ3n) is 3.52. The standard InChI is InChI=1S/C15H21N3O2/c1-16-8-6-14(19)17-10-15(20)18-9-7-12-4-2-3-5-13(12)11-18/h2-5,16H,6-11H2,1H3,(H,17,19). The van der Waals surface area contributed by atoms with Crippen molar-refractivity contribution >= 4 is 11.8 Å². The Labute approximate surface area is 119 Å². The van der Waals surface area contributed by atoms with E-state index in [1.807, 2.05) is 12.1 Å². The quantitative estimate of drug-likeness (QED) is 0.812. The highest BCUT2D eigenvalue weighted by molar-refractivity contribution is 5.84. The number of carbonyl (C=O) groups excluding carboxylic acids is 2. The van der Waals surface area contributed by atoms with Crippen molar-refractivity contribution in [2.75, 3.05) is 26.7 Å². The molecule has 5 nitrogen and oxygen atoms in total. The summed E-state index contributed by atoms with van der Waals surface area (Å²) in [5.74, 6) is -0.109. The molecule has 0 saturated heterocycles. The van der Waals surface area contributed by atoms with Crippen molar-refractivity contribution in [2.24, 2.45) is 0 Å². The van der Waals surface area contributed by atoms with Gasteiger partial charge >= 0.3 is 0 Å². The third-order valence-corrected chi connectivity index (χ3v) is 3.52. The molecule has 108 valence electrons. The first-order chi connectivity index (χ1) is 9.70. The molecule has 0 bridgehead atoms. The molecule has 1 aliphatic rings. The molecule has 0 atom stereocenters. The Morgan fingerprint density at radius 3 is 2.75 bits per heavy atom. The minimum atomic E-state index is -0.0925. The van der Waals surface area contributed by atoms with Gasteiger partial charge in [0, 0.05) is 26.1 Å². The first-order valence-corrected chi connectivity index (χ1v) is 6.96. The fourth-order valence-electron chi connectivity index (χ4n) is 2.32. The van der Waals surface area contributed by atoms with Crippen molar-refractivity contribution < 1.29 is 9.59 Å². The highest BCUT2D eigenvalue weighted by Crippen LogP contribution is 2.18. The van der Waals surface area contributed by atoms with E-state index >= 15 is 0 Å². The molecule has 0 aromatic heterocycles. The predicted molar refractivity (Wildman–Crippen MR) is 77.1 cm³/mol. The second kappa shape index (κ2) is 7.05. The summed E-state index contributed by atoms with van der Waals surface area (Å²) in [5.41, 5.74) is 2.52. The Bertz CT molecular complexity index is 488. The van der Waals surface area contributed by atoms with E-state index in [-0.39, 0.29) is 18.4 Å². The van der Waals surface area contributed by atoms with Crippen molar-refractivity contribution in [1.82, 2.24) is 15.5 Å². The summed E-state index contributed by atoms with van der Waals surface area (Å²) < 4.78 is 0. The Morgan fingerprint density at radius 2 is 2.00 bits per heavy atom. The first-order valence-electron chi connectivity index (χ1n) is 6.96. The van der Waals surface area contributed by atoms with Crippen molar-refractivity contribution in [3.63, 3.8) is 0 Å². The third kappa shape index (κ3) is 3.81. The Kier molecular flexibility index (Phi) is 5.12. The number of amides is 2. The second-order valence-corrected chi connectivity index (χ2v) is 4.96. The largest absolute Gasteiger partial charge is 0.347 e. The normalized spacial score (nSPS) is 13.8. The van der Waals surface area contributed by atoms with Gasteiger partial charge in [0.2, 0.25) is 11.8 Å². The maximum absolute atomic E-state index is 12.1. The summed E-state index contributed by atoms with van der Waals surface area (Å²) in [4.78, 5) is 25.4. The number of carbonyl (C=O) groups is 2. The van der Waals surface area contributed by atoms with Crippen molar-refractivity contribution in [3.05, 3.63) is 35.4 Å². The van der Waals surface area contributed by atoms with E-state index in [9.17, 15) is 9.59 Å². The van der Waals surface area contributed by atoms with E-state index in [1.165, 1.54) is 11.1 Å². The number of hydrogen-bond acceptors (Lipinski definition) is 3. The first kappa shape index (κ1) is 14.5. The van der Waals surface area contributed by atoms with E-state index in [0.717, 1.165) is 13.0 Å². The van der Waals surface area contributed by atoms with E-state index in [2.05, 4.69) is 22.8 Å². The monoisotopic (exact) mass is 275 g/mol. The number of nitrogens with zero attached hydrogens (tertiary/aromatic N) is 1. The van der Waals surface area contributed by atoms with Gasteiger partial charge in [-0.1, -0.05) is 24.3 Å². The number of benzene rings is 1. The average molecular weight is 275 g/mol. The molecule has 5 heteroatoms. The molecular formula is C15H21N3O2. The number of rotatable bonds is 5. The number of hydrogen-bond donors (Lipinski definition) is 2. The minimum absolute atomic E-state index is 0.0164. The molecule has 0 radical (unpaired) electrons. The van der Waals surface area contributed by atoms with Crippen LogP contribution in [0.5, 0.6) is 0 Å². The molecule has 1 aromatic rings. The molecule has 0 spiro atoms.